The summed E-state index contributed by atoms with van der Waals surface area (Å²) in [6, 6.07) is 5.98. The van der Waals surface area contributed by atoms with Crippen molar-refractivity contribution in [3.8, 4) is 0 Å². The minimum atomic E-state index is -0.139. The highest BCUT2D eigenvalue weighted by molar-refractivity contribution is 5.03. The van der Waals surface area contributed by atoms with Crippen molar-refractivity contribution in [1.29, 1.82) is 0 Å². The van der Waals surface area contributed by atoms with Crippen molar-refractivity contribution in [2.45, 2.75) is 51.6 Å². The molecule has 3 unspecified atom stereocenters. The molecule has 2 rings (SSSR count). The second kappa shape index (κ2) is 6.15. The van der Waals surface area contributed by atoms with Crippen LogP contribution in [0.25, 0.3) is 0 Å². The molecule has 0 radical (unpaired) electrons. The van der Waals surface area contributed by atoms with Crippen molar-refractivity contribution in [1.82, 2.24) is 4.98 Å². The van der Waals surface area contributed by atoms with E-state index in [1.807, 2.05) is 24.4 Å². The average molecular weight is 233 g/mol. The van der Waals surface area contributed by atoms with E-state index in [1.165, 1.54) is 25.7 Å². The number of aromatic nitrogens is 1. The van der Waals surface area contributed by atoms with E-state index in [-0.39, 0.29) is 6.10 Å². The smallest absolute Gasteiger partial charge is 0.0572 e. The molecule has 17 heavy (non-hydrogen) atoms. The molecule has 0 bridgehead atoms. The third-order valence-corrected chi connectivity index (χ3v) is 3.94. The predicted molar refractivity (Wildman–Crippen MR) is 69.7 cm³/mol. The molecule has 1 fully saturated rings. The summed E-state index contributed by atoms with van der Waals surface area (Å²) >= 11 is 0. The summed E-state index contributed by atoms with van der Waals surface area (Å²) in [6.07, 6.45) is 8.46. The van der Waals surface area contributed by atoms with Crippen LogP contribution in [-0.2, 0) is 6.42 Å². The SMILES string of the molecule is CC1CCCC(C(O)CCc2ccccn2)C1. The quantitative estimate of drug-likeness (QED) is 0.866. The van der Waals surface area contributed by atoms with Gasteiger partial charge in [0.15, 0.2) is 0 Å². The van der Waals surface area contributed by atoms with Crippen molar-refractivity contribution in [2.75, 3.05) is 0 Å². The molecule has 1 saturated carbocycles. The standard InChI is InChI=1S/C15H23NO/c1-12-5-4-6-13(11-12)15(17)9-8-14-7-2-3-10-16-14/h2-3,7,10,12-13,15,17H,4-6,8-9,11H2,1H3. The molecule has 0 spiro atoms. The van der Waals surface area contributed by atoms with Gasteiger partial charge in [0, 0.05) is 11.9 Å². The monoisotopic (exact) mass is 233 g/mol. The Hall–Kier alpha value is -0.890. The van der Waals surface area contributed by atoms with Crippen LogP contribution < -0.4 is 0 Å². The van der Waals surface area contributed by atoms with Crippen molar-refractivity contribution in [3.63, 3.8) is 0 Å². The summed E-state index contributed by atoms with van der Waals surface area (Å²) in [5, 5.41) is 10.2. The third kappa shape index (κ3) is 3.81. The van der Waals surface area contributed by atoms with Gasteiger partial charge in [-0.1, -0.05) is 25.8 Å². The van der Waals surface area contributed by atoms with Gasteiger partial charge in [0.1, 0.15) is 0 Å². The first-order valence-corrected chi connectivity index (χ1v) is 6.83. The maximum atomic E-state index is 10.2. The van der Waals surface area contributed by atoms with Crippen LogP contribution in [0, 0.1) is 11.8 Å². The fourth-order valence-electron chi connectivity index (χ4n) is 2.91. The van der Waals surface area contributed by atoms with Crippen LogP contribution in [0.15, 0.2) is 24.4 Å². The van der Waals surface area contributed by atoms with Gasteiger partial charge >= 0.3 is 0 Å². The lowest BCUT2D eigenvalue weighted by atomic mass is 9.78. The highest BCUT2D eigenvalue weighted by atomic mass is 16.3. The first-order valence-electron chi connectivity index (χ1n) is 6.83. The zero-order valence-corrected chi connectivity index (χ0v) is 10.7. The van der Waals surface area contributed by atoms with E-state index < -0.39 is 0 Å². The van der Waals surface area contributed by atoms with E-state index in [1.54, 1.807) is 0 Å². The van der Waals surface area contributed by atoms with Crippen LogP contribution in [0.1, 0.15) is 44.7 Å². The largest absolute Gasteiger partial charge is 0.393 e. The van der Waals surface area contributed by atoms with Gasteiger partial charge < -0.3 is 5.11 Å². The van der Waals surface area contributed by atoms with Gasteiger partial charge in [0.05, 0.1) is 6.10 Å². The fraction of sp³-hybridized carbons (Fsp3) is 0.667. The van der Waals surface area contributed by atoms with Crippen LogP contribution in [-0.4, -0.2) is 16.2 Å². The van der Waals surface area contributed by atoms with E-state index in [0.717, 1.165) is 24.5 Å². The maximum Gasteiger partial charge on any atom is 0.0572 e. The van der Waals surface area contributed by atoms with Gasteiger partial charge in [-0.2, -0.15) is 0 Å². The third-order valence-electron chi connectivity index (χ3n) is 3.94. The van der Waals surface area contributed by atoms with Crippen molar-refractivity contribution < 1.29 is 5.11 Å². The lowest BCUT2D eigenvalue weighted by Crippen LogP contribution is -2.26. The summed E-state index contributed by atoms with van der Waals surface area (Å²) in [5.74, 6) is 1.31. The van der Waals surface area contributed by atoms with E-state index in [2.05, 4.69) is 11.9 Å². The minimum absolute atomic E-state index is 0.139. The zero-order valence-electron chi connectivity index (χ0n) is 10.7. The number of aryl methyl sites for hydroxylation is 1. The number of pyridine rings is 1. The fourth-order valence-corrected chi connectivity index (χ4v) is 2.91. The zero-order chi connectivity index (χ0) is 12.1. The Kier molecular flexibility index (Phi) is 4.55. The molecule has 0 aromatic carbocycles. The molecule has 2 nitrogen and oxygen atoms in total. The minimum Gasteiger partial charge on any atom is -0.393 e. The van der Waals surface area contributed by atoms with Crippen molar-refractivity contribution in [3.05, 3.63) is 30.1 Å². The van der Waals surface area contributed by atoms with Gasteiger partial charge in [-0.05, 0) is 49.7 Å². The molecule has 0 saturated heterocycles. The van der Waals surface area contributed by atoms with Crippen LogP contribution >= 0.6 is 0 Å². The van der Waals surface area contributed by atoms with E-state index in [4.69, 9.17) is 0 Å². The van der Waals surface area contributed by atoms with Crippen molar-refractivity contribution in [2.24, 2.45) is 11.8 Å². The van der Waals surface area contributed by atoms with E-state index in [9.17, 15) is 5.11 Å². The molecule has 0 aliphatic heterocycles. The highest BCUT2D eigenvalue weighted by Crippen LogP contribution is 2.31. The summed E-state index contributed by atoms with van der Waals surface area (Å²) in [7, 11) is 0. The summed E-state index contributed by atoms with van der Waals surface area (Å²) in [5.41, 5.74) is 1.09. The molecule has 1 heterocycles. The first kappa shape index (κ1) is 12.6. The number of aliphatic hydroxyl groups excluding tert-OH is 1. The average Bonchev–Trinajstić information content (AvgIpc) is 2.37. The van der Waals surface area contributed by atoms with Crippen LogP contribution in [0.4, 0.5) is 0 Å². The summed E-state index contributed by atoms with van der Waals surface area (Å²) < 4.78 is 0. The lowest BCUT2D eigenvalue weighted by molar-refractivity contribution is 0.0649. The van der Waals surface area contributed by atoms with Gasteiger partial charge in [-0.25, -0.2) is 0 Å². The lowest BCUT2D eigenvalue weighted by Gasteiger charge is -2.30. The van der Waals surface area contributed by atoms with E-state index >= 15 is 0 Å². The Labute approximate surface area is 104 Å². The molecule has 0 amide bonds. The first-order chi connectivity index (χ1) is 8.25. The summed E-state index contributed by atoms with van der Waals surface area (Å²) in [6.45, 7) is 2.30. The Balaban J connectivity index is 1.79. The highest BCUT2D eigenvalue weighted by Gasteiger charge is 2.24. The Bertz CT molecular complexity index is 325. The van der Waals surface area contributed by atoms with Gasteiger partial charge in [-0.3, -0.25) is 4.98 Å². The molecular formula is C15H23NO. The topological polar surface area (TPSA) is 33.1 Å². The van der Waals surface area contributed by atoms with E-state index in [0.29, 0.717) is 5.92 Å². The van der Waals surface area contributed by atoms with Crippen LogP contribution in [0.2, 0.25) is 0 Å². The molecule has 1 aromatic heterocycles. The van der Waals surface area contributed by atoms with Gasteiger partial charge in [0.2, 0.25) is 0 Å². The molecule has 1 aromatic rings. The Morgan fingerprint density at radius 1 is 1.41 bits per heavy atom. The molecule has 94 valence electrons. The molecule has 1 aliphatic carbocycles. The second-order valence-corrected chi connectivity index (χ2v) is 5.46. The summed E-state index contributed by atoms with van der Waals surface area (Å²) in [4.78, 5) is 4.30. The molecular weight excluding hydrogens is 210 g/mol. The normalized spacial score (nSPS) is 26.7. The van der Waals surface area contributed by atoms with Gasteiger partial charge in [-0.15, -0.1) is 0 Å². The van der Waals surface area contributed by atoms with Crippen LogP contribution in [0.5, 0.6) is 0 Å². The number of nitrogens with zero attached hydrogens (tertiary/aromatic N) is 1. The number of rotatable bonds is 4. The number of hydrogen-bond donors (Lipinski definition) is 1. The van der Waals surface area contributed by atoms with Crippen LogP contribution in [0.3, 0.4) is 0 Å². The Morgan fingerprint density at radius 2 is 2.29 bits per heavy atom. The molecule has 1 aliphatic rings. The molecule has 2 heteroatoms. The van der Waals surface area contributed by atoms with Crippen molar-refractivity contribution >= 4 is 0 Å². The predicted octanol–water partition coefficient (Wildman–Crippen LogP) is 3.20. The van der Waals surface area contributed by atoms with Gasteiger partial charge in [0.25, 0.3) is 0 Å². The Morgan fingerprint density at radius 3 is 3.00 bits per heavy atom. The number of aliphatic hydroxyl groups is 1. The molecule has 1 N–H and O–H groups in total. The molecule has 3 atom stereocenters. The number of hydrogen-bond acceptors (Lipinski definition) is 2. The maximum absolute atomic E-state index is 10.2. The second-order valence-electron chi connectivity index (χ2n) is 5.46.